The first kappa shape index (κ1) is 24.8. The molecular formula is C30H31NO6. The first-order valence-corrected chi connectivity index (χ1v) is 12.6. The number of Topliss-reactive ketones (excluding diaryl/α,β-unsaturated/α-hetero) is 1. The van der Waals surface area contributed by atoms with Crippen LogP contribution in [0.3, 0.4) is 0 Å². The summed E-state index contributed by atoms with van der Waals surface area (Å²) in [5.74, 6) is -1.07. The molecule has 37 heavy (non-hydrogen) atoms. The number of phenols is 1. The Kier molecular flexibility index (Phi) is 6.65. The Balaban J connectivity index is 1.62. The number of aliphatic hydroxyl groups excluding tert-OH is 2. The lowest BCUT2D eigenvalue weighted by atomic mass is 9.71. The summed E-state index contributed by atoms with van der Waals surface area (Å²) in [6, 6.07) is 11.5. The van der Waals surface area contributed by atoms with Gasteiger partial charge in [0.25, 0.3) is 5.91 Å². The molecule has 0 saturated carbocycles. The zero-order valence-corrected chi connectivity index (χ0v) is 20.6. The molecule has 0 saturated heterocycles. The van der Waals surface area contributed by atoms with Gasteiger partial charge in [0.2, 0.25) is 0 Å². The van der Waals surface area contributed by atoms with Crippen molar-refractivity contribution in [3.05, 3.63) is 87.9 Å². The maximum absolute atomic E-state index is 14.0. The molecule has 0 fully saturated rings. The molecule has 5 N–H and O–H groups in total. The van der Waals surface area contributed by atoms with E-state index in [0.717, 1.165) is 28.7 Å². The molecule has 2 heterocycles. The Hall–Kier alpha value is -3.84. The van der Waals surface area contributed by atoms with E-state index in [2.05, 4.69) is 12.6 Å². The maximum atomic E-state index is 14.0. The average molecular weight is 502 g/mol. The summed E-state index contributed by atoms with van der Waals surface area (Å²) >= 11 is 0. The van der Waals surface area contributed by atoms with Crippen LogP contribution in [0.2, 0.25) is 0 Å². The van der Waals surface area contributed by atoms with E-state index in [0.29, 0.717) is 42.8 Å². The number of phenolic OH excluding ortho intramolecular Hbond substituents is 1. The number of rotatable bonds is 5. The zero-order chi connectivity index (χ0) is 26.3. The molecule has 7 heteroatoms. The highest BCUT2D eigenvalue weighted by Gasteiger charge is 2.41. The number of aliphatic hydroxyl groups is 2. The normalized spacial score (nSPS) is 23.4. The van der Waals surface area contributed by atoms with Gasteiger partial charge in [-0.15, -0.1) is 0 Å². The topological polar surface area (TPSA) is 130 Å². The van der Waals surface area contributed by atoms with Crippen molar-refractivity contribution in [2.75, 3.05) is 13.2 Å². The minimum Gasteiger partial charge on any atom is -0.511 e. The predicted octanol–water partition coefficient (Wildman–Crippen LogP) is 4.28. The third kappa shape index (κ3) is 4.55. The van der Waals surface area contributed by atoms with Crippen LogP contribution >= 0.6 is 0 Å². The number of hydrogen-bond acceptors (Lipinski definition) is 6. The van der Waals surface area contributed by atoms with E-state index in [1.54, 1.807) is 6.07 Å². The van der Waals surface area contributed by atoms with Gasteiger partial charge >= 0.3 is 0 Å². The predicted molar refractivity (Wildman–Crippen MR) is 139 cm³/mol. The zero-order valence-electron chi connectivity index (χ0n) is 20.6. The summed E-state index contributed by atoms with van der Waals surface area (Å²) in [6.07, 6.45) is 2.81. The first-order valence-electron chi connectivity index (χ1n) is 12.6. The van der Waals surface area contributed by atoms with Crippen molar-refractivity contribution < 1.29 is 29.6 Å². The number of aromatic hydroxyl groups is 1. The first-order chi connectivity index (χ1) is 17.8. The molecule has 2 unspecified atom stereocenters. The number of benzene rings is 2. The quantitative estimate of drug-likeness (QED) is 0.484. The fourth-order valence-electron chi connectivity index (χ4n) is 6.01. The number of primary amides is 1. The van der Waals surface area contributed by atoms with E-state index in [4.69, 9.17) is 10.5 Å². The summed E-state index contributed by atoms with van der Waals surface area (Å²) in [6.45, 7) is 4.38. The maximum Gasteiger partial charge on any atom is 0.252 e. The largest absolute Gasteiger partial charge is 0.511 e. The lowest BCUT2D eigenvalue weighted by Crippen LogP contribution is -2.27. The van der Waals surface area contributed by atoms with Gasteiger partial charge in [-0.05, 0) is 65.5 Å². The van der Waals surface area contributed by atoms with Crippen LogP contribution in [-0.2, 0) is 22.4 Å². The van der Waals surface area contributed by atoms with Crippen LogP contribution in [0.25, 0.3) is 11.1 Å². The van der Waals surface area contributed by atoms with E-state index < -0.39 is 5.91 Å². The van der Waals surface area contributed by atoms with E-state index in [-0.39, 0.29) is 59.7 Å². The van der Waals surface area contributed by atoms with Gasteiger partial charge in [-0.25, -0.2) is 0 Å². The number of ketones is 1. The average Bonchev–Trinajstić information content (AvgIpc) is 2.98. The number of allylic oxidation sites excluding steroid dienone is 3. The number of fused-ring (bicyclic) bond motifs is 5. The van der Waals surface area contributed by atoms with Crippen molar-refractivity contribution in [1.29, 1.82) is 0 Å². The molecular weight excluding hydrogens is 470 g/mol. The molecule has 2 aliphatic heterocycles. The highest BCUT2D eigenvalue weighted by molar-refractivity contribution is 6.14. The van der Waals surface area contributed by atoms with Crippen LogP contribution in [0.1, 0.15) is 47.2 Å². The standard InChI is InChI=1S/C30H31NO6/c1-16-10-25-27-20(12-18(15-37-25)13-24(34)26(16)30(31)36)14-22-21(7-8-23(33)28(22)29(27)35)19-6-2-4-17(11-19)5-3-9-32/h2,4,6-8,11,18,20,32-34H,1,3,5,9-10,12-15H2,(H2,31,36)/b26-24-. The van der Waals surface area contributed by atoms with Crippen LogP contribution in [-0.4, -0.2) is 40.2 Å². The fourth-order valence-corrected chi connectivity index (χ4v) is 6.01. The lowest BCUT2D eigenvalue weighted by molar-refractivity contribution is -0.114. The molecule has 1 aliphatic carbocycles. The number of carbonyl (C=O) groups excluding carboxylic acids is 2. The second-order valence-electron chi connectivity index (χ2n) is 10.2. The molecule has 0 radical (unpaired) electrons. The molecule has 3 aliphatic rings. The SMILES string of the molecule is C=C1CC2=C3C(=O)c4c(O)ccc(-c5cccc(CCCO)c5)c4CC3CC(CO2)C/C(O)=C\1C(N)=O. The van der Waals surface area contributed by atoms with Crippen molar-refractivity contribution >= 4 is 11.7 Å². The van der Waals surface area contributed by atoms with E-state index in [1.807, 2.05) is 24.3 Å². The summed E-state index contributed by atoms with van der Waals surface area (Å²) in [5.41, 5.74) is 10.4. The van der Waals surface area contributed by atoms with Crippen molar-refractivity contribution in [2.45, 2.75) is 38.5 Å². The van der Waals surface area contributed by atoms with Crippen molar-refractivity contribution in [3.63, 3.8) is 0 Å². The summed E-state index contributed by atoms with van der Waals surface area (Å²) in [4.78, 5) is 26.0. The molecule has 2 bridgehead atoms. The summed E-state index contributed by atoms with van der Waals surface area (Å²) in [5, 5.41) is 30.7. The number of carbonyl (C=O) groups is 2. The summed E-state index contributed by atoms with van der Waals surface area (Å²) < 4.78 is 6.10. The molecule has 2 aromatic carbocycles. The minimum atomic E-state index is -0.756. The van der Waals surface area contributed by atoms with Crippen LogP contribution in [0.15, 0.2) is 71.2 Å². The molecule has 1 amide bonds. The third-order valence-electron chi connectivity index (χ3n) is 7.64. The Labute approximate surface area is 215 Å². The highest BCUT2D eigenvalue weighted by atomic mass is 16.5. The Morgan fingerprint density at radius 3 is 2.73 bits per heavy atom. The van der Waals surface area contributed by atoms with Gasteiger partial charge in [-0.3, -0.25) is 9.59 Å². The van der Waals surface area contributed by atoms with Gasteiger partial charge < -0.3 is 25.8 Å². The molecule has 0 aromatic heterocycles. The van der Waals surface area contributed by atoms with Crippen LogP contribution in [0.5, 0.6) is 5.75 Å². The van der Waals surface area contributed by atoms with E-state index in [9.17, 15) is 24.9 Å². The van der Waals surface area contributed by atoms with Gasteiger partial charge in [0.1, 0.15) is 17.3 Å². The van der Waals surface area contributed by atoms with Crippen LogP contribution in [0.4, 0.5) is 0 Å². The van der Waals surface area contributed by atoms with Crippen molar-refractivity contribution in [2.24, 2.45) is 17.6 Å². The number of nitrogens with two attached hydrogens (primary N) is 1. The Bertz CT molecular complexity index is 1370. The third-order valence-corrected chi connectivity index (χ3v) is 7.64. The Morgan fingerprint density at radius 2 is 1.97 bits per heavy atom. The molecule has 2 atom stereocenters. The fraction of sp³-hybridized carbons (Fsp3) is 0.333. The molecule has 2 aromatic rings. The van der Waals surface area contributed by atoms with Crippen molar-refractivity contribution in [3.8, 4) is 16.9 Å². The number of amides is 1. The monoisotopic (exact) mass is 501 g/mol. The van der Waals surface area contributed by atoms with E-state index in [1.165, 1.54) is 0 Å². The van der Waals surface area contributed by atoms with Gasteiger partial charge in [0, 0.05) is 30.9 Å². The van der Waals surface area contributed by atoms with Gasteiger partial charge in [-0.1, -0.05) is 36.9 Å². The molecule has 5 rings (SSSR count). The number of ether oxygens (including phenoxy) is 1. The van der Waals surface area contributed by atoms with Gasteiger partial charge in [0.05, 0.1) is 17.7 Å². The second kappa shape index (κ2) is 9.90. The lowest BCUT2D eigenvalue weighted by Gasteiger charge is -2.30. The number of aryl methyl sites for hydroxylation is 1. The van der Waals surface area contributed by atoms with Crippen molar-refractivity contribution in [1.82, 2.24) is 0 Å². The highest BCUT2D eigenvalue weighted by Crippen LogP contribution is 2.46. The van der Waals surface area contributed by atoms with Crippen LogP contribution in [0, 0.1) is 11.8 Å². The second-order valence-corrected chi connectivity index (χ2v) is 10.2. The van der Waals surface area contributed by atoms with Crippen LogP contribution < -0.4 is 5.73 Å². The van der Waals surface area contributed by atoms with E-state index >= 15 is 0 Å². The van der Waals surface area contributed by atoms with Gasteiger partial charge in [-0.2, -0.15) is 0 Å². The molecule has 192 valence electrons. The minimum absolute atomic E-state index is 0.00178. The summed E-state index contributed by atoms with van der Waals surface area (Å²) in [7, 11) is 0. The molecule has 7 nitrogen and oxygen atoms in total. The molecule has 0 spiro atoms. The smallest absolute Gasteiger partial charge is 0.252 e. The Morgan fingerprint density at radius 1 is 1.16 bits per heavy atom. The number of hydrogen-bond donors (Lipinski definition) is 4. The van der Waals surface area contributed by atoms with Gasteiger partial charge in [0.15, 0.2) is 5.78 Å².